The zero-order valence-electron chi connectivity index (χ0n) is 8.31. The van der Waals surface area contributed by atoms with Gasteiger partial charge in [-0.1, -0.05) is 22.9 Å². The molecule has 1 aromatic carbocycles. The first-order valence-corrected chi connectivity index (χ1v) is 5.67. The number of hydrogen-bond donors (Lipinski definition) is 2. The number of halogens is 1. The smallest absolute Gasteiger partial charge is 0.0585 e. The SMILES string of the molecule is CC1(CNc2cc(Br)ccc2N)CC1. The van der Waals surface area contributed by atoms with Crippen LogP contribution in [-0.2, 0) is 0 Å². The molecular formula is C11H15BrN2. The van der Waals surface area contributed by atoms with Crippen molar-refractivity contribution >= 4 is 27.3 Å². The first-order valence-electron chi connectivity index (χ1n) is 4.88. The quantitative estimate of drug-likeness (QED) is 0.813. The molecule has 0 amide bonds. The second-order valence-electron chi connectivity index (χ2n) is 4.40. The summed E-state index contributed by atoms with van der Waals surface area (Å²) in [5.41, 5.74) is 8.22. The van der Waals surface area contributed by atoms with Crippen LogP contribution >= 0.6 is 15.9 Å². The Morgan fingerprint density at radius 1 is 1.50 bits per heavy atom. The highest BCUT2D eigenvalue weighted by atomic mass is 79.9. The molecule has 3 N–H and O–H groups in total. The molecule has 14 heavy (non-hydrogen) atoms. The molecule has 3 heteroatoms. The number of benzene rings is 1. The lowest BCUT2D eigenvalue weighted by Crippen LogP contribution is -2.12. The van der Waals surface area contributed by atoms with Gasteiger partial charge in [-0.25, -0.2) is 0 Å². The van der Waals surface area contributed by atoms with E-state index in [1.807, 2.05) is 18.2 Å². The molecule has 0 spiro atoms. The van der Waals surface area contributed by atoms with Crippen LogP contribution in [0.15, 0.2) is 22.7 Å². The molecule has 2 nitrogen and oxygen atoms in total. The summed E-state index contributed by atoms with van der Waals surface area (Å²) in [7, 11) is 0. The molecular weight excluding hydrogens is 240 g/mol. The third kappa shape index (κ3) is 2.21. The lowest BCUT2D eigenvalue weighted by Gasteiger charge is -2.13. The van der Waals surface area contributed by atoms with E-state index in [4.69, 9.17) is 5.73 Å². The Balaban J connectivity index is 2.04. The average Bonchev–Trinajstić information content (AvgIpc) is 2.87. The Kier molecular flexibility index (Phi) is 2.43. The van der Waals surface area contributed by atoms with Gasteiger partial charge in [-0.05, 0) is 36.5 Å². The first-order chi connectivity index (χ1) is 6.59. The third-order valence-corrected chi connectivity index (χ3v) is 3.32. The van der Waals surface area contributed by atoms with Gasteiger partial charge >= 0.3 is 0 Å². The van der Waals surface area contributed by atoms with Crippen molar-refractivity contribution in [1.82, 2.24) is 0 Å². The zero-order valence-corrected chi connectivity index (χ0v) is 9.89. The van der Waals surface area contributed by atoms with Crippen molar-refractivity contribution in [1.29, 1.82) is 0 Å². The van der Waals surface area contributed by atoms with Crippen LogP contribution in [0.2, 0.25) is 0 Å². The van der Waals surface area contributed by atoms with Crippen LogP contribution in [0.25, 0.3) is 0 Å². The Morgan fingerprint density at radius 2 is 2.21 bits per heavy atom. The van der Waals surface area contributed by atoms with Gasteiger partial charge in [-0.2, -0.15) is 0 Å². The number of nitrogens with one attached hydrogen (secondary N) is 1. The minimum absolute atomic E-state index is 0.509. The van der Waals surface area contributed by atoms with Crippen molar-refractivity contribution in [2.45, 2.75) is 19.8 Å². The Labute approximate surface area is 93.0 Å². The van der Waals surface area contributed by atoms with Crippen LogP contribution < -0.4 is 11.1 Å². The Morgan fingerprint density at radius 3 is 2.86 bits per heavy atom. The molecule has 0 aliphatic heterocycles. The molecule has 0 saturated heterocycles. The monoisotopic (exact) mass is 254 g/mol. The summed E-state index contributed by atoms with van der Waals surface area (Å²) in [6.45, 7) is 3.32. The summed E-state index contributed by atoms with van der Waals surface area (Å²) in [6, 6.07) is 5.90. The van der Waals surface area contributed by atoms with E-state index in [0.29, 0.717) is 5.41 Å². The second kappa shape index (κ2) is 3.46. The van der Waals surface area contributed by atoms with E-state index < -0.39 is 0 Å². The summed E-state index contributed by atoms with van der Waals surface area (Å²) < 4.78 is 1.06. The molecule has 0 unspecified atom stereocenters. The van der Waals surface area contributed by atoms with Crippen molar-refractivity contribution in [2.75, 3.05) is 17.6 Å². The van der Waals surface area contributed by atoms with Crippen LogP contribution in [0, 0.1) is 5.41 Å². The molecule has 1 aromatic rings. The minimum atomic E-state index is 0.509. The largest absolute Gasteiger partial charge is 0.397 e. The highest BCUT2D eigenvalue weighted by molar-refractivity contribution is 9.10. The number of nitrogens with two attached hydrogens (primary N) is 1. The van der Waals surface area contributed by atoms with Gasteiger partial charge < -0.3 is 11.1 Å². The maximum atomic E-state index is 5.86. The lowest BCUT2D eigenvalue weighted by atomic mass is 10.1. The summed E-state index contributed by atoms with van der Waals surface area (Å²) in [4.78, 5) is 0. The van der Waals surface area contributed by atoms with Gasteiger partial charge in [0.15, 0.2) is 0 Å². The highest BCUT2D eigenvalue weighted by Crippen LogP contribution is 2.45. The summed E-state index contributed by atoms with van der Waals surface area (Å²) in [5, 5.41) is 3.40. The van der Waals surface area contributed by atoms with E-state index in [9.17, 15) is 0 Å². The molecule has 76 valence electrons. The molecule has 0 atom stereocenters. The lowest BCUT2D eigenvalue weighted by molar-refractivity contribution is 0.611. The maximum Gasteiger partial charge on any atom is 0.0585 e. The van der Waals surface area contributed by atoms with Crippen LogP contribution in [0.3, 0.4) is 0 Å². The fourth-order valence-corrected chi connectivity index (χ4v) is 1.74. The van der Waals surface area contributed by atoms with E-state index in [0.717, 1.165) is 22.4 Å². The minimum Gasteiger partial charge on any atom is -0.397 e. The van der Waals surface area contributed by atoms with E-state index in [1.165, 1.54) is 12.8 Å². The Hall–Kier alpha value is -0.700. The fourth-order valence-electron chi connectivity index (χ4n) is 1.38. The van der Waals surface area contributed by atoms with E-state index in [2.05, 4.69) is 28.2 Å². The molecule has 2 rings (SSSR count). The third-order valence-electron chi connectivity index (χ3n) is 2.82. The van der Waals surface area contributed by atoms with E-state index in [1.54, 1.807) is 0 Å². The van der Waals surface area contributed by atoms with Gasteiger partial charge in [0.2, 0.25) is 0 Å². The number of rotatable bonds is 3. The molecule has 0 heterocycles. The normalized spacial score (nSPS) is 17.9. The number of nitrogen functional groups attached to an aromatic ring is 1. The predicted molar refractivity (Wildman–Crippen MR) is 64.4 cm³/mol. The molecule has 0 radical (unpaired) electrons. The summed E-state index contributed by atoms with van der Waals surface area (Å²) in [6.07, 6.45) is 2.65. The summed E-state index contributed by atoms with van der Waals surface area (Å²) in [5.74, 6) is 0. The Bertz CT molecular complexity index is 345. The fraction of sp³-hybridized carbons (Fsp3) is 0.455. The number of hydrogen-bond acceptors (Lipinski definition) is 2. The molecule has 0 bridgehead atoms. The van der Waals surface area contributed by atoms with Crippen molar-refractivity contribution in [3.8, 4) is 0 Å². The van der Waals surface area contributed by atoms with Gasteiger partial charge in [0.25, 0.3) is 0 Å². The van der Waals surface area contributed by atoms with Crippen LogP contribution in [-0.4, -0.2) is 6.54 Å². The number of anilines is 2. The first kappa shape index (κ1) is 9.84. The van der Waals surface area contributed by atoms with Gasteiger partial charge in [0.1, 0.15) is 0 Å². The molecule has 1 saturated carbocycles. The molecule has 1 fully saturated rings. The predicted octanol–water partition coefficient (Wildman–Crippen LogP) is 3.24. The topological polar surface area (TPSA) is 38.0 Å². The van der Waals surface area contributed by atoms with Crippen molar-refractivity contribution in [3.05, 3.63) is 22.7 Å². The van der Waals surface area contributed by atoms with E-state index in [-0.39, 0.29) is 0 Å². The van der Waals surface area contributed by atoms with Gasteiger partial charge in [0, 0.05) is 11.0 Å². The van der Waals surface area contributed by atoms with Gasteiger partial charge in [-0.3, -0.25) is 0 Å². The van der Waals surface area contributed by atoms with E-state index >= 15 is 0 Å². The highest BCUT2D eigenvalue weighted by Gasteiger charge is 2.36. The van der Waals surface area contributed by atoms with Gasteiger partial charge in [0.05, 0.1) is 11.4 Å². The van der Waals surface area contributed by atoms with Crippen LogP contribution in [0.4, 0.5) is 11.4 Å². The standard InChI is InChI=1S/C11H15BrN2/c1-11(4-5-11)7-14-10-6-8(12)2-3-9(10)13/h2-3,6,14H,4-5,7,13H2,1H3. The molecule has 1 aliphatic carbocycles. The molecule has 1 aliphatic rings. The average molecular weight is 255 g/mol. The van der Waals surface area contributed by atoms with Crippen molar-refractivity contribution < 1.29 is 0 Å². The second-order valence-corrected chi connectivity index (χ2v) is 5.31. The van der Waals surface area contributed by atoms with Gasteiger partial charge in [-0.15, -0.1) is 0 Å². The van der Waals surface area contributed by atoms with Crippen LogP contribution in [0.1, 0.15) is 19.8 Å². The van der Waals surface area contributed by atoms with Crippen LogP contribution in [0.5, 0.6) is 0 Å². The van der Waals surface area contributed by atoms with Crippen molar-refractivity contribution in [2.24, 2.45) is 5.41 Å². The van der Waals surface area contributed by atoms with Crippen molar-refractivity contribution in [3.63, 3.8) is 0 Å². The maximum absolute atomic E-state index is 5.86. The molecule has 0 aromatic heterocycles. The zero-order chi connectivity index (χ0) is 10.2. The summed E-state index contributed by atoms with van der Waals surface area (Å²) >= 11 is 3.44.